The van der Waals surface area contributed by atoms with E-state index < -0.39 is 0 Å². The molecule has 7 heteroatoms. The topological polar surface area (TPSA) is 44.8 Å². The van der Waals surface area contributed by atoms with Gasteiger partial charge in [0.15, 0.2) is 11.8 Å². The molecular weight excluding hydrogens is 354 g/mol. The van der Waals surface area contributed by atoms with Crippen molar-refractivity contribution in [2.75, 3.05) is 13.7 Å². The number of carbonyl (C=O) groups excluding carboxylic acids is 1. The van der Waals surface area contributed by atoms with Crippen molar-refractivity contribution in [3.8, 4) is 11.5 Å². The summed E-state index contributed by atoms with van der Waals surface area (Å²) in [7, 11) is 1.48. The summed E-state index contributed by atoms with van der Waals surface area (Å²) in [4.78, 5) is 12.6. The fourth-order valence-corrected chi connectivity index (χ4v) is 3.47. The van der Waals surface area contributed by atoms with Crippen molar-refractivity contribution in [3.63, 3.8) is 0 Å². The van der Waals surface area contributed by atoms with E-state index in [0.29, 0.717) is 28.7 Å². The van der Waals surface area contributed by atoms with E-state index in [1.54, 1.807) is 18.2 Å². The number of halogens is 1. The molecule has 2 atom stereocenters. The molecule has 0 saturated carbocycles. The van der Waals surface area contributed by atoms with Crippen LogP contribution in [0, 0.1) is 0 Å². The van der Waals surface area contributed by atoms with Crippen LogP contribution in [0.1, 0.15) is 24.2 Å². The van der Waals surface area contributed by atoms with Gasteiger partial charge in [-0.25, -0.2) is 0 Å². The summed E-state index contributed by atoms with van der Waals surface area (Å²) >= 11 is 6.15. The number of methoxy groups -OCH3 is 1. The quantitative estimate of drug-likeness (QED) is 0.402. The van der Waals surface area contributed by atoms with Crippen LogP contribution in [0.25, 0.3) is 0 Å². The summed E-state index contributed by atoms with van der Waals surface area (Å²) in [6, 6.07) is 12.6. The van der Waals surface area contributed by atoms with Crippen LogP contribution in [0.15, 0.2) is 42.5 Å². The van der Waals surface area contributed by atoms with Crippen molar-refractivity contribution in [3.05, 3.63) is 53.1 Å². The molecule has 0 aromatic heterocycles. The van der Waals surface area contributed by atoms with E-state index in [9.17, 15) is 4.79 Å². The first-order valence-electron chi connectivity index (χ1n) is 7.57. The Labute approximate surface area is 167 Å². The molecule has 0 fully saturated rings. The van der Waals surface area contributed by atoms with Crippen LogP contribution < -0.4 is 14.8 Å². The molecule has 0 N–H and O–H groups in total. The van der Waals surface area contributed by atoms with Gasteiger partial charge >= 0.3 is 18.9 Å². The minimum atomic E-state index is -0.308. The predicted molar refractivity (Wildman–Crippen MR) is 106 cm³/mol. The molecule has 0 spiro atoms. The Kier molecular flexibility index (Phi) is 9.57. The van der Waals surface area contributed by atoms with E-state index >= 15 is 0 Å². The standard InChI is InChI=1S/C18H20ClO4P.Li.H/c1-4-22-12(2)23-13-8-10-14(11-9-13)24-18(20)17-15(19)6-5-7-16(17)21-3;;/h5-12,24H,4H2,1-3H3;;. The van der Waals surface area contributed by atoms with Crippen LogP contribution >= 0.6 is 20.2 Å². The van der Waals surface area contributed by atoms with Gasteiger partial charge in [0.1, 0.15) is 11.5 Å². The SMILES string of the molecule is CCOC(C)Oc1ccc(PC(=O)c2c(Cl)cccc2OC)cc1.[LiH]. The first kappa shape index (κ1) is 22.0. The molecule has 0 saturated heterocycles. The summed E-state index contributed by atoms with van der Waals surface area (Å²) in [6.07, 6.45) is -0.308. The van der Waals surface area contributed by atoms with Gasteiger partial charge in [-0.3, -0.25) is 4.79 Å². The van der Waals surface area contributed by atoms with Crippen LogP contribution in [0.5, 0.6) is 11.5 Å². The first-order valence-corrected chi connectivity index (χ1v) is 8.95. The first-order chi connectivity index (χ1) is 11.5. The Morgan fingerprint density at radius 3 is 2.48 bits per heavy atom. The monoisotopic (exact) mass is 374 g/mol. The van der Waals surface area contributed by atoms with E-state index in [0.717, 1.165) is 5.30 Å². The van der Waals surface area contributed by atoms with Crippen molar-refractivity contribution in [2.24, 2.45) is 0 Å². The summed E-state index contributed by atoms with van der Waals surface area (Å²) in [5, 5.41) is 1.30. The third kappa shape index (κ3) is 6.33. The normalized spacial score (nSPS) is 11.8. The van der Waals surface area contributed by atoms with Gasteiger partial charge in [0, 0.05) is 6.61 Å². The van der Waals surface area contributed by atoms with Crippen LogP contribution in [-0.4, -0.2) is 44.4 Å². The predicted octanol–water partition coefficient (Wildman–Crippen LogP) is 3.61. The van der Waals surface area contributed by atoms with Crippen LogP contribution in [0.2, 0.25) is 5.02 Å². The molecule has 0 amide bonds. The second kappa shape index (κ2) is 10.9. The minimum absolute atomic E-state index is 0. The second-order valence-corrected chi connectivity index (χ2v) is 6.63. The molecule has 2 unspecified atom stereocenters. The number of hydrogen-bond acceptors (Lipinski definition) is 4. The maximum absolute atomic E-state index is 12.6. The van der Waals surface area contributed by atoms with Gasteiger partial charge < -0.3 is 14.2 Å². The van der Waals surface area contributed by atoms with E-state index in [1.807, 2.05) is 38.1 Å². The van der Waals surface area contributed by atoms with Crippen molar-refractivity contribution in [2.45, 2.75) is 20.1 Å². The van der Waals surface area contributed by atoms with Gasteiger partial charge in [0.05, 0.1) is 17.7 Å². The van der Waals surface area contributed by atoms with E-state index in [4.69, 9.17) is 25.8 Å². The fraction of sp³-hybridized carbons (Fsp3) is 0.278. The third-order valence-corrected chi connectivity index (χ3v) is 4.65. The maximum atomic E-state index is 12.6. The van der Waals surface area contributed by atoms with Crippen LogP contribution in [-0.2, 0) is 4.74 Å². The van der Waals surface area contributed by atoms with E-state index in [1.165, 1.54) is 7.11 Å². The third-order valence-electron chi connectivity index (χ3n) is 3.24. The summed E-state index contributed by atoms with van der Waals surface area (Å²) in [5.41, 5.74) is 0.360. The molecule has 25 heavy (non-hydrogen) atoms. The average molecular weight is 375 g/mol. The Hall–Kier alpha value is -1.01. The molecule has 4 nitrogen and oxygen atoms in total. The zero-order valence-electron chi connectivity index (χ0n) is 13.8. The van der Waals surface area contributed by atoms with E-state index in [2.05, 4.69) is 0 Å². The molecule has 130 valence electrons. The van der Waals surface area contributed by atoms with Gasteiger partial charge in [-0.05, 0) is 52.0 Å². The fourth-order valence-electron chi connectivity index (χ4n) is 2.17. The molecule has 0 aliphatic heterocycles. The van der Waals surface area contributed by atoms with Crippen molar-refractivity contribution in [1.29, 1.82) is 0 Å². The molecular formula is C18H21ClLiO4P. The molecule has 0 heterocycles. The molecule has 2 rings (SSSR count). The number of rotatable bonds is 8. The Balaban J connectivity index is 0.00000312. The van der Waals surface area contributed by atoms with Gasteiger partial charge in [0.2, 0.25) is 0 Å². The zero-order valence-corrected chi connectivity index (χ0v) is 15.6. The summed E-state index contributed by atoms with van der Waals surface area (Å²) < 4.78 is 16.2. The van der Waals surface area contributed by atoms with Crippen LogP contribution in [0.4, 0.5) is 0 Å². The van der Waals surface area contributed by atoms with Crippen LogP contribution in [0.3, 0.4) is 0 Å². The number of benzene rings is 2. The van der Waals surface area contributed by atoms with Gasteiger partial charge in [-0.2, -0.15) is 0 Å². The number of ether oxygens (including phenoxy) is 3. The number of hydrogen-bond donors (Lipinski definition) is 0. The number of carbonyl (C=O) groups is 1. The molecule has 2 aromatic carbocycles. The average Bonchev–Trinajstić information content (AvgIpc) is 2.56. The zero-order chi connectivity index (χ0) is 17.5. The Bertz CT molecular complexity index is 694. The van der Waals surface area contributed by atoms with E-state index in [-0.39, 0.29) is 39.3 Å². The van der Waals surface area contributed by atoms with Crippen molar-refractivity contribution in [1.82, 2.24) is 0 Å². The molecule has 2 aromatic rings. The van der Waals surface area contributed by atoms with Gasteiger partial charge in [-0.1, -0.05) is 29.8 Å². The van der Waals surface area contributed by atoms with Crippen molar-refractivity contribution >= 4 is 49.9 Å². The summed E-state index contributed by atoms with van der Waals surface area (Å²) in [5.74, 6) is 1.19. The van der Waals surface area contributed by atoms with Gasteiger partial charge in [0.25, 0.3) is 0 Å². The molecule has 0 aliphatic carbocycles. The van der Waals surface area contributed by atoms with Crippen molar-refractivity contribution < 1.29 is 19.0 Å². The molecule has 0 aliphatic rings. The Morgan fingerprint density at radius 1 is 1.20 bits per heavy atom. The second-order valence-electron chi connectivity index (χ2n) is 4.94. The summed E-state index contributed by atoms with van der Waals surface area (Å²) in [6.45, 7) is 4.35. The Morgan fingerprint density at radius 2 is 1.88 bits per heavy atom. The van der Waals surface area contributed by atoms with Gasteiger partial charge in [-0.15, -0.1) is 0 Å². The molecule has 0 radical (unpaired) electrons. The molecule has 0 bridgehead atoms.